The summed E-state index contributed by atoms with van der Waals surface area (Å²) in [4.78, 5) is 32.1. The average Bonchev–Trinajstić information content (AvgIpc) is 3.34. The highest BCUT2D eigenvalue weighted by atomic mass is 32.1. The number of ketones is 1. The molecule has 0 amide bonds. The van der Waals surface area contributed by atoms with Crippen LogP contribution in [0.3, 0.4) is 0 Å². The summed E-state index contributed by atoms with van der Waals surface area (Å²) < 4.78 is 6.90. The zero-order valence-corrected chi connectivity index (χ0v) is 16.7. The third-order valence-corrected chi connectivity index (χ3v) is 6.53. The molecule has 0 unspecified atom stereocenters. The minimum Gasteiger partial charge on any atom is -0.493 e. The molecule has 0 bridgehead atoms. The maximum absolute atomic E-state index is 13.1. The van der Waals surface area contributed by atoms with E-state index in [1.54, 1.807) is 6.07 Å². The van der Waals surface area contributed by atoms with Crippen LogP contribution in [0.2, 0.25) is 0 Å². The fourth-order valence-corrected chi connectivity index (χ4v) is 4.89. The summed E-state index contributed by atoms with van der Waals surface area (Å²) in [6.45, 7) is 2.56. The summed E-state index contributed by atoms with van der Waals surface area (Å²) in [5.41, 5.74) is 3.43. The zero-order chi connectivity index (χ0) is 20.0. The molecule has 0 radical (unpaired) electrons. The van der Waals surface area contributed by atoms with E-state index in [1.165, 1.54) is 22.2 Å². The van der Waals surface area contributed by atoms with Crippen LogP contribution in [0, 0.1) is 6.92 Å². The van der Waals surface area contributed by atoms with Gasteiger partial charge in [0.05, 0.1) is 24.9 Å². The SMILES string of the molecule is Cc1c(-c2ccccc2)sc2ncn(CC(=O)c3ccc4c(c3)CCO4)c(=O)c12. The van der Waals surface area contributed by atoms with Gasteiger partial charge < -0.3 is 4.74 Å². The van der Waals surface area contributed by atoms with Crippen LogP contribution in [0.5, 0.6) is 5.75 Å². The van der Waals surface area contributed by atoms with Crippen LogP contribution < -0.4 is 10.3 Å². The predicted molar refractivity (Wildman–Crippen MR) is 114 cm³/mol. The number of rotatable bonds is 4. The first-order valence-electron chi connectivity index (χ1n) is 9.44. The van der Waals surface area contributed by atoms with Gasteiger partial charge in [-0.05, 0) is 41.8 Å². The smallest absolute Gasteiger partial charge is 0.262 e. The van der Waals surface area contributed by atoms with E-state index in [0.717, 1.165) is 33.7 Å². The maximum atomic E-state index is 13.1. The number of aromatic nitrogens is 2. The van der Waals surface area contributed by atoms with Crippen LogP contribution in [-0.4, -0.2) is 21.9 Å². The Labute approximate surface area is 171 Å². The van der Waals surface area contributed by atoms with Gasteiger partial charge in [0.2, 0.25) is 0 Å². The highest BCUT2D eigenvalue weighted by molar-refractivity contribution is 7.22. The van der Waals surface area contributed by atoms with Crippen LogP contribution in [0.1, 0.15) is 21.5 Å². The molecule has 0 saturated carbocycles. The van der Waals surface area contributed by atoms with E-state index in [9.17, 15) is 9.59 Å². The second-order valence-corrected chi connectivity index (χ2v) is 8.12. The summed E-state index contributed by atoms with van der Waals surface area (Å²) in [7, 11) is 0. The fraction of sp³-hybridized carbons (Fsp3) is 0.174. The van der Waals surface area contributed by atoms with Crippen LogP contribution >= 0.6 is 11.3 Å². The second kappa shape index (κ2) is 6.97. The number of fused-ring (bicyclic) bond motifs is 2. The first-order valence-corrected chi connectivity index (χ1v) is 10.3. The summed E-state index contributed by atoms with van der Waals surface area (Å²) in [6.07, 6.45) is 2.28. The minimum absolute atomic E-state index is 0.0304. The second-order valence-electron chi connectivity index (χ2n) is 7.12. The summed E-state index contributed by atoms with van der Waals surface area (Å²) in [5.74, 6) is 0.725. The lowest BCUT2D eigenvalue weighted by Gasteiger charge is -2.06. The van der Waals surface area contributed by atoms with Crippen LogP contribution in [0.25, 0.3) is 20.7 Å². The summed E-state index contributed by atoms with van der Waals surface area (Å²) >= 11 is 1.51. The zero-order valence-electron chi connectivity index (χ0n) is 15.8. The molecule has 0 spiro atoms. The maximum Gasteiger partial charge on any atom is 0.262 e. The third kappa shape index (κ3) is 3.06. The van der Waals surface area contributed by atoms with E-state index in [-0.39, 0.29) is 17.9 Å². The molecule has 0 N–H and O–H groups in total. The minimum atomic E-state index is -0.177. The van der Waals surface area contributed by atoms with Crippen molar-refractivity contribution in [2.75, 3.05) is 6.61 Å². The van der Waals surface area contributed by atoms with E-state index in [0.29, 0.717) is 22.4 Å². The van der Waals surface area contributed by atoms with E-state index in [1.807, 2.05) is 49.4 Å². The lowest BCUT2D eigenvalue weighted by atomic mass is 10.1. The molecule has 29 heavy (non-hydrogen) atoms. The number of hydrogen-bond acceptors (Lipinski definition) is 5. The molecule has 1 aliphatic rings. The number of carbonyl (C=O) groups is 1. The first-order chi connectivity index (χ1) is 14.1. The molecular weight excluding hydrogens is 384 g/mol. The van der Waals surface area contributed by atoms with Gasteiger partial charge in [-0.3, -0.25) is 14.2 Å². The lowest BCUT2D eigenvalue weighted by Crippen LogP contribution is -2.24. The van der Waals surface area contributed by atoms with Crippen molar-refractivity contribution < 1.29 is 9.53 Å². The van der Waals surface area contributed by atoms with E-state index in [2.05, 4.69) is 4.98 Å². The van der Waals surface area contributed by atoms with Crippen LogP contribution in [0.4, 0.5) is 0 Å². The lowest BCUT2D eigenvalue weighted by molar-refractivity contribution is 0.0970. The van der Waals surface area contributed by atoms with E-state index in [4.69, 9.17) is 4.74 Å². The largest absolute Gasteiger partial charge is 0.493 e. The van der Waals surface area contributed by atoms with Crippen LogP contribution in [0.15, 0.2) is 59.7 Å². The van der Waals surface area contributed by atoms with E-state index >= 15 is 0 Å². The van der Waals surface area contributed by atoms with Gasteiger partial charge in [0.15, 0.2) is 5.78 Å². The number of Topliss-reactive ketones (excluding diaryl/α,β-unsaturated/α-hetero) is 1. The highest BCUT2D eigenvalue weighted by Gasteiger charge is 2.18. The van der Waals surface area contributed by atoms with Gasteiger partial charge in [0, 0.05) is 16.9 Å². The van der Waals surface area contributed by atoms with Gasteiger partial charge in [-0.1, -0.05) is 30.3 Å². The predicted octanol–water partition coefficient (Wildman–Crippen LogP) is 4.25. The van der Waals surface area contributed by atoms with Gasteiger partial charge in [-0.2, -0.15) is 0 Å². The summed E-state index contributed by atoms with van der Waals surface area (Å²) in [6, 6.07) is 15.4. The Bertz CT molecular complexity index is 1310. The third-order valence-electron chi connectivity index (χ3n) is 5.28. The molecule has 0 atom stereocenters. The Morgan fingerprint density at radius 1 is 1.21 bits per heavy atom. The highest BCUT2D eigenvalue weighted by Crippen LogP contribution is 2.35. The van der Waals surface area contributed by atoms with Gasteiger partial charge in [0.25, 0.3) is 5.56 Å². The van der Waals surface area contributed by atoms with Gasteiger partial charge in [-0.15, -0.1) is 11.3 Å². The Morgan fingerprint density at radius 3 is 2.86 bits per heavy atom. The van der Waals surface area contributed by atoms with Gasteiger partial charge >= 0.3 is 0 Å². The van der Waals surface area contributed by atoms with Gasteiger partial charge in [0.1, 0.15) is 10.6 Å². The molecule has 0 saturated heterocycles. The molecule has 6 heteroatoms. The quantitative estimate of drug-likeness (QED) is 0.479. The molecule has 144 valence electrons. The normalized spacial score (nSPS) is 12.7. The molecule has 0 aliphatic carbocycles. The molecular formula is C23H18N2O3S. The Hall–Kier alpha value is -3.25. The van der Waals surface area contributed by atoms with Crippen molar-refractivity contribution in [3.63, 3.8) is 0 Å². The van der Waals surface area contributed by atoms with Crippen molar-refractivity contribution in [2.24, 2.45) is 0 Å². The topological polar surface area (TPSA) is 61.2 Å². The van der Waals surface area contributed by atoms with Crippen LogP contribution in [-0.2, 0) is 13.0 Å². The standard InChI is InChI=1S/C23H18N2O3S/c1-14-20-22(29-21(14)15-5-3-2-4-6-15)24-13-25(23(20)27)12-18(26)16-7-8-19-17(11-16)9-10-28-19/h2-8,11,13H,9-10,12H2,1H3. The van der Waals surface area contributed by atoms with Crippen molar-refractivity contribution in [3.05, 3.63) is 81.9 Å². The molecule has 0 fully saturated rings. The van der Waals surface area contributed by atoms with Crippen molar-refractivity contribution in [2.45, 2.75) is 19.9 Å². The molecule has 5 rings (SSSR count). The molecule has 3 heterocycles. The Balaban J connectivity index is 1.51. The van der Waals surface area contributed by atoms with E-state index < -0.39 is 0 Å². The molecule has 2 aromatic heterocycles. The Kier molecular flexibility index (Phi) is 4.28. The number of carbonyl (C=O) groups excluding carboxylic acids is 1. The van der Waals surface area contributed by atoms with Crippen molar-refractivity contribution >= 4 is 27.3 Å². The monoisotopic (exact) mass is 402 g/mol. The average molecular weight is 402 g/mol. The number of benzene rings is 2. The van der Waals surface area contributed by atoms with Crippen molar-refractivity contribution in [3.8, 4) is 16.2 Å². The van der Waals surface area contributed by atoms with Gasteiger partial charge in [-0.25, -0.2) is 4.98 Å². The number of thiophene rings is 1. The number of aryl methyl sites for hydroxylation is 1. The molecule has 1 aliphatic heterocycles. The molecule has 2 aromatic carbocycles. The van der Waals surface area contributed by atoms with Crippen molar-refractivity contribution in [1.82, 2.24) is 9.55 Å². The molecule has 5 nitrogen and oxygen atoms in total. The number of hydrogen-bond donors (Lipinski definition) is 0. The fourth-order valence-electron chi connectivity index (χ4n) is 3.74. The number of ether oxygens (including phenoxy) is 1. The first kappa shape index (κ1) is 17.8. The molecule has 4 aromatic rings. The Morgan fingerprint density at radius 2 is 2.03 bits per heavy atom. The summed E-state index contributed by atoms with van der Waals surface area (Å²) in [5, 5.41) is 0.589. The van der Waals surface area contributed by atoms with Crippen molar-refractivity contribution in [1.29, 1.82) is 0 Å². The number of nitrogens with zero attached hydrogens (tertiary/aromatic N) is 2.